The smallest absolute Gasteiger partial charge is 0.339 e. The molecule has 1 amide bonds. The molecule has 1 heterocycles. The average Bonchev–Trinajstić information content (AvgIpc) is 3.23. The maximum Gasteiger partial charge on any atom is 0.339 e. The van der Waals surface area contributed by atoms with Gasteiger partial charge in [-0.25, -0.2) is 4.79 Å². The highest BCUT2D eigenvalue weighted by Gasteiger charge is 2.46. The van der Waals surface area contributed by atoms with E-state index in [0.29, 0.717) is 5.56 Å². The Balaban J connectivity index is 1.55. The molecule has 0 saturated carbocycles. The molecule has 0 unspecified atom stereocenters. The average molecular weight is 553 g/mol. The summed E-state index contributed by atoms with van der Waals surface area (Å²) in [7, 11) is 0. The lowest BCUT2D eigenvalue weighted by Crippen LogP contribution is -2.38. The second kappa shape index (κ2) is 9.98. The van der Waals surface area contributed by atoms with Gasteiger partial charge in [0.15, 0.2) is 5.78 Å². The van der Waals surface area contributed by atoms with Gasteiger partial charge in [0.1, 0.15) is 12.0 Å². The number of benzene rings is 4. The zero-order valence-electron chi connectivity index (χ0n) is 18.8. The summed E-state index contributed by atoms with van der Waals surface area (Å²) in [6.45, 7) is 0. The first kappa shape index (κ1) is 25.0. The van der Waals surface area contributed by atoms with Gasteiger partial charge in [-0.3, -0.25) is 14.4 Å². The molecular weight excluding hydrogens is 537 g/mol. The topological polar surface area (TPSA) is 89.5 Å². The van der Waals surface area contributed by atoms with Gasteiger partial charge in [0.05, 0.1) is 26.3 Å². The molecule has 6 nitrogen and oxygen atoms in total. The molecule has 0 saturated heterocycles. The van der Waals surface area contributed by atoms with Crippen molar-refractivity contribution in [2.24, 2.45) is 5.92 Å². The van der Waals surface area contributed by atoms with Gasteiger partial charge in [-0.15, -0.1) is 0 Å². The van der Waals surface area contributed by atoms with Crippen molar-refractivity contribution in [3.63, 3.8) is 0 Å². The van der Waals surface area contributed by atoms with Crippen molar-refractivity contribution >= 4 is 74.7 Å². The molecule has 5 rings (SSSR count). The SMILES string of the molecule is O=C(Nc1cc(Cl)c(Cl)cc1Cl)C(=O)[C@H](C(=O)c1ccc2ccccc2c1)[C@@H]1OC(=O)c2ccccc21. The third kappa shape index (κ3) is 4.71. The molecule has 1 N–H and O–H groups in total. The fraction of sp³-hybridized carbons (Fsp3) is 0.0714. The molecule has 4 aromatic carbocycles. The summed E-state index contributed by atoms with van der Waals surface area (Å²) in [4.78, 5) is 53.0. The molecule has 0 bridgehead atoms. The van der Waals surface area contributed by atoms with Gasteiger partial charge in [0.25, 0.3) is 5.91 Å². The normalized spacial score (nSPS) is 15.1. The van der Waals surface area contributed by atoms with E-state index in [1.165, 1.54) is 18.2 Å². The summed E-state index contributed by atoms with van der Waals surface area (Å²) in [6.07, 6.45) is -1.29. The van der Waals surface area contributed by atoms with Crippen LogP contribution in [0.2, 0.25) is 15.1 Å². The number of rotatable bonds is 6. The van der Waals surface area contributed by atoms with Crippen LogP contribution in [0.25, 0.3) is 10.8 Å². The monoisotopic (exact) mass is 551 g/mol. The number of ether oxygens (including phenoxy) is 1. The number of hydrogen-bond acceptors (Lipinski definition) is 5. The van der Waals surface area contributed by atoms with E-state index in [-0.39, 0.29) is 31.9 Å². The first-order valence-electron chi connectivity index (χ1n) is 11.1. The molecule has 4 aromatic rings. The fourth-order valence-electron chi connectivity index (χ4n) is 4.28. The molecule has 0 spiro atoms. The van der Waals surface area contributed by atoms with Gasteiger partial charge in [0, 0.05) is 11.1 Å². The Kier molecular flexibility index (Phi) is 6.73. The number of nitrogens with one attached hydrogen (secondary N) is 1. The molecule has 1 aliphatic heterocycles. The Bertz CT molecular complexity index is 1620. The zero-order chi connectivity index (χ0) is 26.3. The number of anilines is 1. The highest BCUT2D eigenvalue weighted by Crippen LogP contribution is 2.39. The van der Waals surface area contributed by atoms with Crippen LogP contribution in [0.4, 0.5) is 5.69 Å². The Morgan fingerprint density at radius 1 is 0.784 bits per heavy atom. The van der Waals surface area contributed by atoms with Gasteiger partial charge in [-0.2, -0.15) is 0 Å². The molecule has 9 heteroatoms. The number of amides is 1. The second-order valence-corrected chi connectivity index (χ2v) is 9.60. The van der Waals surface area contributed by atoms with Gasteiger partial charge in [-0.1, -0.05) is 89.4 Å². The number of carbonyl (C=O) groups excluding carboxylic acids is 4. The minimum Gasteiger partial charge on any atom is -0.453 e. The largest absolute Gasteiger partial charge is 0.453 e. The number of halogens is 3. The number of carbonyl (C=O) groups is 4. The summed E-state index contributed by atoms with van der Waals surface area (Å²) < 4.78 is 5.48. The van der Waals surface area contributed by atoms with Crippen LogP contribution in [0, 0.1) is 5.92 Å². The van der Waals surface area contributed by atoms with Crippen LogP contribution in [0.15, 0.2) is 78.9 Å². The molecule has 37 heavy (non-hydrogen) atoms. The zero-order valence-corrected chi connectivity index (χ0v) is 21.1. The standard InChI is InChI=1S/C28H16Cl3NO5/c29-19-12-21(31)22(13-20(19)30)32-27(35)25(34)23(26-17-7-3-4-8-18(17)28(36)37-26)24(33)16-10-9-14-5-1-2-6-15(14)11-16/h1-13,23,26H,(H,32,35)/t23-,26+/m0/s1. The van der Waals surface area contributed by atoms with Crippen molar-refractivity contribution in [2.45, 2.75) is 6.10 Å². The number of esters is 1. The number of ketones is 2. The highest BCUT2D eigenvalue weighted by atomic mass is 35.5. The van der Waals surface area contributed by atoms with Crippen LogP contribution >= 0.6 is 34.8 Å². The lowest BCUT2D eigenvalue weighted by atomic mass is 9.84. The lowest BCUT2D eigenvalue weighted by molar-refractivity contribution is -0.138. The van der Waals surface area contributed by atoms with Crippen LogP contribution < -0.4 is 5.32 Å². The van der Waals surface area contributed by atoms with Gasteiger partial charge in [-0.05, 0) is 35.0 Å². The van der Waals surface area contributed by atoms with Crippen LogP contribution in [-0.4, -0.2) is 23.4 Å². The third-order valence-electron chi connectivity index (χ3n) is 6.10. The molecule has 0 fully saturated rings. The summed E-state index contributed by atoms with van der Waals surface area (Å²) >= 11 is 18.1. The van der Waals surface area contributed by atoms with Crippen molar-refractivity contribution in [1.29, 1.82) is 0 Å². The summed E-state index contributed by atoms with van der Waals surface area (Å²) in [5.41, 5.74) is 0.804. The number of fused-ring (bicyclic) bond motifs is 2. The van der Waals surface area contributed by atoms with E-state index in [2.05, 4.69) is 5.32 Å². The minimum absolute atomic E-state index is 0.0372. The molecule has 0 radical (unpaired) electrons. The van der Waals surface area contributed by atoms with Crippen molar-refractivity contribution < 1.29 is 23.9 Å². The molecule has 0 aliphatic carbocycles. The van der Waals surface area contributed by atoms with E-state index < -0.39 is 35.5 Å². The van der Waals surface area contributed by atoms with E-state index in [1.807, 2.05) is 24.3 Å². The van der Waals surface area contributed by atoms with E-state index in [1.54, 1.807) is 36.4 Å². The Morgan fingerprint density at radius 3 is 2.24 bits per heavy atom. The number of cyclic esters (lactones) is 1. The van der Waals surface area contributed by atoms with E-state index >= 15 is 0 Å². The molecule has 184 valence electrons. The maximum atomic E-state index is 13.8. The van der Waals surface area contributed by atoms with Gasteiger partial charge < -0.3 is 10.1 Å². The Labute approximate surface area is 226 Å². The van der Waals surface area contributed by atoms with Crippen molar-refractivity contribution in [3.8, 4) is 0 Å². The Morgan fingerprint density at radius 2 is 1.46 bits per heavy atom. The highest BCUT2D eigenvalue weighted by molar-refractivity contribution is 6.47. The predicted molar refractivity (Wildman–Crippen MR) is 141 cm³/mol. The quantitative estimate of drug-likeness (QED) is 0.0943. The molecule has 1 aliphatic rings. The second-order valence-electron chi connectivity index (χ2n) is 8.38. The van der Waals surface area contributed by atoms with E-state index in [9.17, 15) is 19.2 Å². The van der Waals surface area contributed by atoms with E-state index in [4.69, 9.17) is 39.5 Å². The van der Waals surface area contributed by atoms with Crippen molar-refractivity contribution in [2.75, 3.05) is 5.32 Å². The minimum atomic E-state index is -1.64. The molecule has 0 aromatic heterocycles. The van der Waals surface area contributed by atoms with E-state index in [0.717, 1.165) is 10.8 Å². The summed E-state index contributed by atoms with van der Waals surface area (Å²) in [5, 5.41) is 4.38. The third-order valence-corrected chi connectivity index (χ3v) is 7.14. The van der Waals surface area contributed by atoms with Gasteiger partial charge >= 0.3 is 5.97 Å². The van der Waals surface area contributed by atoms with Crippen molar-refractivity contribution in [1.82, 2.24) is 0 Å². The first-order chi connectivity index (χ1) is 17.7. The Hall–Kier alpha value is -3.71. The predicted octanol–water partition coefficient (Wildman–Crippen LogP) is 6.72. The van der Waals surface area contributed by atoms with Crippen LogP contribution in [0.5, 0.6) is 0 Å². The van der Waals surface area contributed by atoms with Crippen LogP contribution in [0.3, 0.4) is 0 Å². The van der Waals surface area contributed by atoms with Crippen LogP contribution in [0.1, 0.15) is 32.4 Å². The lowest BCUT2D eigenvalue weighted by Gasteiger charge is -2.21. The van der Waals surface area contributed by atoms with Crippen molar-refractivity contribution in [3.05, 3.63) is 111 Å². The molecular formula is C28H16Cl3NO5. The molecule has 2 atom stereocenters. The maximum absolute atomic E-state index is 13.8. The van der Waals surface area contributed by atoms with Crippen LogP contribution in [-0.2, 0) is 14.3 Å². The fourth-order valence-corrected chi connectivity index (χ4v) is 4.87. The van der Waals surface area contributed by atoms with Gasteiger partial charge in [0.2, 0.25) is 5.78 Å². The summed E-state index contributed by atoms with van der Waals surface area (Å²) in [5.74, 6) is -5.22. The summed E-state index contributed by atoms with van der Waals surface area (Å²) in [6, 6.07) is 21.4. The number of hydrogen-bond donors (Lipinski definition) is 1. The first-order valence-corrected chi connectivity index (χ1v) is 12.2. The number of Topliss-reactive ketones (excluding diaryl/α,β-unsaturated/α-hetero) is 2.